The van der Waals surface area contributed by atoms with Crippen LogP contribution in [0.1, 0.15) is 90.9 Å². The van der Waals surface area contributed by atoms with Crippen molar-refractivity contribution in [3.8, 4) is 0 Å². The Bertz CT molecular complexity index is 5320. The Morgan fingerprint density at radius 3 is 1.10 bits per heavy atom. The van der Waals surface area contributed by atoms with E-state index in [4.69, 9.17) is 57.1 Å². The molecule has 0 saturated carbocycles. The summed E-state index contributed by atoms with van der Waals surface area (Å²) in [6.45, 7) is 23.0. The predicted molar refractivity (Wildman–Crippen MR) is 485 cm³/mol. The second-order valence-electron chi connectivity index (χ2n) is 36.6. The Morgan fingerprint density at radius 2 is 0.739 bits per heavy atom. The number of hydrogen-bond donors (Lipinski definition) is 12. The number of pyridine rings is 5. The van der Waals surface area contributed by atoms with Crippen molar-refractivity contribution in [2.75, 3.05) is 133 Å². The first-order valence-corrected chi connectivity index (χ1v) is 54.8. The Labute approximate surface area is 693 Å². The topological polar surface area (TPSA) is 481 Å². The molecule has 20 atom stereocenters. The summed E-state index contributed by atoms with van der Waals surface area (Å²) in [5.41, 5.74) is 33.9. The number of ether oxygens (including phenoxy) is 6. The zero-order chi connectivity index (χ0) is 87.0. The van der Waals surface area contributed by atoms with Gasteiger partial charge >= 0.3 is 0 Å². The lowest BCUT2D eigenvalue weighted by Crippen LogP contribution is -2.43. The smallest absolute Gasteiger partial charge is 0.173 e. The van der Waals surface area contributed by atoms with E-state index >= 15 is 0 Å². The maximum Gasteiger partial charge on any atom is 0.173 e. The number of nitrogens with zero attached hydrogens (tertiary/aromatic N) is 15. The molecule has 6 aliphatic heterocycles. The lowest BCUT2D eigenvalue weighted by Gasteiger charge is -2.32. The van der Waals surface area contributed by atoms with Gasteiger partial charge in [0.05, 0.1) is 96.7 Å². The van der Waals surface area contributed by atoms with Crippen LogP contribution in [0.4, 0.5) is 32.8 Å². The van der Waals surface area contributed by atoms with Gasteiger partial charge in [0.25, 0.3) is 0 Å². The molecular formula is C80H122FN20O13P5. The predicted octanol–water partition coefficient (Wildman–Crippen LogP) is 7.49. The zero-order valence-electron chi connectivity index (χ0n) is 70.5. The Balaban J connectivity index is 0.000000137. The molecule has 6 saturated heterocycles. The van der Waals surface area contributed by atoms with Gasteiger partial charge in [-0.3, -0.25) is 22.8 Å². The van der Waals surface area contributed by atoms with E-state index in [0.29, 0.717) is 110 Å². The maximum absolute atomic E-state index is 14.6. The molecule has 16 heterocycles. The van der Waals surface area contributed by atoms with Crippen molar-refractivity contribution in [1.29, 1.82) is 0 Å². The number of anilines is 5. The van der Waals surface area contributed by atoms with Crippen molar-refractivity contribution in [2.45, 2.75) is 174 Å². The SMILES string of the molecule is C=P(C)(C)CC[C@@]1(C)O[C@@H](n2cnc3c(N)ccnc32)[C@H](C)[C@@H]1O.C=P(C)(C)CC[C@@]12CO[C@@H]([C@H](n3cnc4c(N)ccnc43)O1)[C@@H]2O.C=P(C)(C)CC[C@H]1O[C@@H](n2cnc3c(N)ccnc32)[C@@](C)(O)[C@@H]1O.C=P(C)(C)CC[C@H]1O[C@@H](n2cnc3c(N)ccnc32)[C@H](F)[C@@H]1O.C=P(C)(C)CC[C@H]1O[C@@H](n2cnc3c(N)ccnc32)[C@](C)(O)[C@@H]1O. The molecule has 0 spiro atoms. The average Bonchev–Trinajstić information content (AvgIpc) is 1.53. The molecule has 0 amide bonds. The minimum Gasteiger partial charge on any atom is -0.397 e. The molecule has 6 fully saturated rings. The van der Waals surface area contributed by atoms with Crippen LogP contribution in [0, 0.1) is 5.92 Å². The van der Waals surface area contributed by atoms with E-state index in [1.165, 1.54) is 10.9 Å². The highest BCUT2D eigenvalue weighted by Crippen LogP contribution is 2.53. The van der Waals surface area contributed by atoms with Gasteiger partial charge in [-0.05, 0) is 181 Å². The van der Waals surface area contributed by atoms with E-state index in [2.05, 4.69) is 148 Å². The first kappa shape index (κ1) is 91.2. The van der Waals surface area contributed by atoms with E-state index in [0.717, 1.165) is 43.7 Å². The molecule has 33 nitrogen and oxygen atoms in total. The third-order valence-corrected chi connectivity index (χ3v) is 30.2. The number of halogens is 1. The van der Waals surface area contributed by atoms with E-state index < -0.39 is 143 Å². The fourth-order valence-electron chi connectivity index (χ4n) is 15.8. The number of nitrogen functional groups attached to an aromatic ring is 5. The van der Waals surface area contributed by atoms with Gasteiger partial charge in [0.15, 0.2) is 59.3 Å². The molecule has 2 bridgehead atoms. The molecule has 16 rings (SSSR count). The van der Waals surface area contributed by atoms with E-state index in [-0.39, 0.29) is 12.1 Å². The molecule has 17 N–H and O–H groups in total. The Hall–Kier alpha value is -6.99. The second kappa shape index (κ2) is 34.6. The van der Waals surface area contributed by atoms with Gasteiger partial charge in [0.1, 0.15) is 81.1 Å². The van der Waals surface area contributed by atoms with Gasteiger partial charge in [0.2, 0.25) is 0 Å². The summed E-state index contributed by atoms with van der Waals surface area (Å²) in [5.74, 6) is -0.0677. The molecule has 6 aliphatic rings. The van der Waals surface area contributed by atoms with Crippen LogP contribution < -0.4 is 28.7 Å². The average molecular weight is 1750 g/mol. The number of aromatic nitrogens is 15. The summed E-state index contributed by atoms with van der Waals surface area (Å²) < 4.78 is 59.3. The van der Waals surface area contributed by atoms with Crippen LogP contribution >= 0.6 is 34.4 Å². The number of fused-ring (bicyclic) bond motifs is 7. The molecular weight excluding hydrogens is 1620 g/mol. The first-order valence-electron chi connectivity index (χ1n) is 39.6. The highest BCUT2D eigenvalue weighted by molar-refractivity contribution is 7.73. The van der Waals surface area contributed by atoms with Crippen molar-refractivity contribution >= 4 is 150 Å². The van der Waals surface area contributed by atoms with Crippen LogP contribution in [-0.2, 0) is 28.4 Å². The highest BCUT2D eigenvalue weighted by atomic mass is 31.2. The largest absolute Gasteiger partial charge is 0.397 e. The second-order valence-corrected chi connectivity index (χ2v) is 58.2. The van der Waals surface area contributed by atoms with Crippen molar-refractivity contribution in [1.82, 2.24) is 72.7 Å². The van der Waals surface area contributed by atoms with E-state index in [1.54, 1.807) is 110 Å². The lowest BCUT2D eigenvalue weighted by molar-refractivity contribution is -0.172. The van der Waals surface area contributed by atoms with Crippen molar-refractivity contribution in [2.24, 2.45) is 5.92 Å². The van der Waals surface area contributed by atoms with Gasteiger partial charge in [-0.15, -0.1) is 65.9 Å². The molecule has 0 unspecified atom stereocenters. The summed E-state index contributed by atoms with van der Waals surface area (Å²) in [5, 5.41) is 74.5. The van der Waals surface area contributed by atoms with Crippen LogP contribution in [0.25, 0.3) is 55.8 Å². The van der Waals surface area contributed by atoms with Crippen molar-refractivity contribution < 1.29 is 68.6 Å². The lowest BCUT2D eigenvalue weighted by atomic mass is 9.90. The molecule has 119 heavy (non-hydrogen) atoms. The van der Waals surface area contributed by atoms with Crippen molar-refractivity contribution in [3.05, 3.63) is 93.0 Å². The molecule has 0 aromatic carbocycles. The summed E-state index contributed by atoms with van der Waals surface area (Å²) in [6, 6.07) is 8.43. The summed E-state index contributed by atoms with van der Waals surface area (Å²) in [7, 11) is 0. The van der Waals surface area contributed by atoms with Gasteiger partial charge in [-0.25, -0.2) is 54.2 Å². The highest BCUT2D eigenvalue weighted by Gasteiger charge is 2.62. The van der Waals surface area contributed by atoms with Gasteiger partial charge in [0, 0.05) is 36.9 Å². The summed E-state index contributed by atoms with van der Waals surface area (Å²) in [6.07, 6.45) is 33.9. The van der Waals surface area contributed by atoms with Gasteiger partial charge in [-0.1, -0.05) is 6.92 Å². The number of imidazole rings is 5. The third kappa shape index (κ3) is 19.5. The molecule has 39 heteroatoms. The van der Waals surface area contributed by atoms with Crippen molar-refractivity contribution in [3.63, 3.8) is 0 Å². The van der Waals surface area contributed by atoms with E-state index in [1.807, 2.05) is 23.0 Å². The van der Waals surface area contributed by atoms with Crippen LogP contribution in [0.3, 0.4) is 0 Å². The molecule has 652 valence electrons. The van der Waals surface area contributed by atoms with Crippen LogP contribution in [0.5, 0.6) is 0 Å². The molecule has 10 aromatic heterocycles. The molecule has 0 aliphatic carbocycles. The number of nitrogens with two attached hydrogens (primary N) is 5. The third-order valence-electron chi connectivity index (χ3n) is 23.0. The summed E-state index contributed by atoms with van der Waals surface area (Å²) in [4.78, 5) is 42.9. The minimum atomic E-state index is -1.54. The van der Waals surface area contributed by atoms with Crippen LogP contribution in [0.2, 0.25) is 0 Å². The number of aliphatic hydroxyl groups is 7. The monoisotopic (exact) mass is 1740 g/mol. The Morgan fingerprint density at radius 1 is 0.420 bits per heavy atom. The Kier molecular flexibility index (Phi) is 26.5. The first-order chi connectivity index (χ1) is 55.4. The number of alkyl halides is 1. The number of rotatable bonds is 20. The maximum atomic E-state index is 14.6. The number of aliphatic hydroxyl groups excluding tert-OH is 5. The zero-order valence-corrected chi connectivity index (χ0v) is 75.0. The molecule has 0 radical (unpaired) electrons. The fourth-order valence-corrected chi connectivity index (χ4v) is 20.7. The standard InChI is InChI=1S/C17H27N4O2P.C16H23N4O3P.2C16H25N4O3P.C15H22FN4O2P/c1-11-14(22)17(2,7-9-24(3,4)5)23-16(11)21-10-20-13-12(18)6-8-19-15(13)21;1-24(2,3)7-5-16-8-22-12(13(16)21)15(23-16)20-9-19-11-10(17)4-6-18-14(11)20;2*1-16(22)13(21)11(6-8-24(2,3)4)23-15(16)20-9-19-12-10(17)5-7-18-14(12)20;1-23(2,3)7-5-10-13(21)11(16)15(22-10)20-8-19-12-9(17)4-6-18-14(12)20/h6,8,10-11,14,16,22H,3,7,9H2,1-2,4-5H3,(H2,18,19);4,6,9,12-13,15,21H,1,5,7-8H2,2-3H3,(H2,17,18);2*5,7,9,11,13,15,21-22H,2,6,8H2,1,3-4H3,(H2,17,18);4,6,8,10-11,13,15,21H,1,5,7H2,2-3H3,(H2,17,18)/t11-,14+,16-,17-;12-,13+,15-,16+;11-,13-,15-,16+;11-,13-,15-,16-;10-,11-,13-,15-/m11111/s1. The quantitative estimate of drug-likeness (QED) is 0.0329. The van der Waals surface area contributed by atoms with Gasteiger partial charge in [-0.2, -0.15) is 0 Å². The minimum absolute atomic E-state index is 0.0677. The van der Waals surface area contributed by atoms with Gasteiger partial charge < -0.3 is 92.8 Å². The van der Waals surface area contributed by atoms with Crippen LogP contribution in [-0.4, -0.2) is 327 Å². The normalized spacial score (nSPS) is 30.8. The van der Waals surface area contributed by atoms with Crippen LogP contribution in [0.15, 0.2) is 93.0 Å². The van der Waals surface area contributed by atoms with E-state index in [9.17, 15) is 40.1 Å². The fraction of sp³-hybridized carbons (Fsp3) is 0.562. The summed E-state index contributed by atoms with van der Waals surface area (Å²) >= 11 is 0. The molecule has 10 aromatic rings. The number of hydrogen-bond acceptors (Lipinski definition) is 28.